The van der Waals surface area contributed by atoms with E-state index in [1.807, 2.05) is 30.3 Å². The van der Waals surface area contributed by atoms with Crippen molar-refractivity contribution in [3.05, 3.63) is 54.1 Å². The molecular weight excluding hydrogens is 403 g/mol. The van der Waals surface area contributed by atoms with E-state index >= 15 is 0 Å². The van der Waals surface area contributed by atoms with Crippen molar-refractivity contribution in [2.24, 2.45) is 0 Å². The van der Waals surface area contributed by atoms with E-state index in [0.29, 0.717) is 18.8 Å². The summed E-state index contributed by atoms with van der Waals surface area (Å²) in [4.78, 5) is 31.1. The number of amides is 2. The summed E-state index contributed by atoms with van der Waals surface area (Å²) in [6.07, 6.45) is 2.13. The fraction of sp³-hybridized carbons (Fsp3) is 0.381. The summed E-state index contributed by atoms with van der Waals surface area (Å²) in [6, 6.07) is 8.88. The number of benzene rings is 1. The summed E-state index contributed by atoms with van der Waals surface area (Å²) < 4.78 is 20.6. The van der Waals surface area contributed by atoms with Crippen LogP contribution in [-0.2, 0) is 11.3 Å². The molecule has 0 bridgehead atoms. The lowest BCUT2D eigenvalue weighted by Gasteiger charge is -2.24. The molecule has 2 unspecified atom stereocenters. The van der Waals surface area contributed by atoms with Crippen LogP contribution >= 0.6 is 0 Å². The van der Waals surface area contributed by atoms with Gasteiger partial charge in [0.15, 0.2) is 5.69 Å². The molecule has 3 aromatic rings. The topological polar surface area (TPSA) is 102 Å². The van der Waals surface area contributed by atoms with Gasteiger partial charge in [-0.15, -0.1) is 5.10 Å². The fourth-order valence-corrected chi connectivity index (χ4v) is 3.77. The monoisotopic (exact) mass is 426 g/mol. The van der Waals surface area contributed by atoms with Crippen LogP contribution in [0.1, 0.15) is 27.4 Å². The predicted octanol–water partition coefficient (Wildman–Crippen LogP) is 1.46. The van der Waals surface area contributed by atoms with E-state index in [1.165, 1.54) is 15.8 Å². The normalized spacial score (nSPS) is 18.5. The number of nitrogens with zero attached hydrogens (tertiary/aromatic N) is 5. The van der Waals surface area contributed by atoms with Crippen LogP contribution in [0.5, 0.6) is 0 Å². The van der Waals surface area contributed by atoms with Crippen molar-refractivity contribution in [3.8, 4) is 0 Å². The molecule has 1 N–H and O–H groups in total. The number of likely N-dealkylation sites (tertiary alicyclic amines) is 1. The van der Waals surface area contributed by atoms with Crippen molar-refractivity contribution in [2.75, 3.05) is 26.8 Å². The molecule has 2 amide bonds. The molecule has 162 valence electrons. The van der Waals surface area contributed by atoms with E-state index in [0.717, 1.165) is 10.8 Å². The predicted molar refractivity (Wildman–Crippen MR) is 110 cm³/mol. The molecule has 0 saturated carbocycles. The number of hydrogen-bond acceptors (Lipinski definition) is 6. The molecule has 1 fully saturated rings. The number of aromatic nitrogens is 4. The molecule has 1 aliphatic rings. The molecule has 1 aromatic carbocycles. The highest BCUT2D eigenvalue weighted by Crippen LogP contribution is 2.26. The zero-order chi connectivity index (χ0) is 21.8. The molecule has 2 atom stereocenters. The minimum atomic E-state index is -1.13. The van der Waals surface area contributed by atoms with Crippen LogP contribution in [0, 0.1) is 0 Å². The van der Waals surface area contributed by atoms with Crippen molar-refractivity contribution < 1.29 is 18.7 Å². The minimum absolute atomic E-state index is 0.00649. The Balaban J connectivity index is 1.50. The molecule has 0 spiro atoms. The van der Waals surface area contributed by atoms with Gasteiger partial charge in [-0.3, -0.25) is 14.6 Å². The average molecular weight is 426 g/mol. The standard InChI is InChI=1S/C21H23FN6O3/c1-31-9-8-24-20(29)18-13-27(26-25-18)12-16-10-15(22)11-28(16)21(30)19-17-5-3-2-4-14(17)6-7-23-19/h2-7,13,15-16H,8-12H2,1H3,(H,24,29). The highest BCUT2D eigenvalue weighted by atomic mass is 19.1. The van der Waals surface area contributed by atoms with E-state index in [1.54, 1.807) is 13.3 Å². The lowest BCUT2D eigenvalue weighted by atomic mass is 10.1. The van der Waals surface area contributed by atoms with Gasteiger partial charge in [0.1, 0.15) is 11.9 Å². The van der Waals surface area contributed by atoms with Gasteiger partial charge in [-0.1, -0.05) is 29.5 Å². The van der Waals surface area contributed by atoms with Gasteiger partial charge < -0.3 is 15.0 Å². The van der Waals surface area contributed by atoms with E-state index < -0.39 is 12.2 Å². The third-order valence-corrected chi connectivity index (χ3v) is 5.26. The van der Waals surface area contributed by atoms with Crippen LogP contribution < -0.4 is 5.32 Å². The first-order valence-corrected chi connectivity index (χ1v) is 10.0. The second-order valence-corrected chi connectivity index (χ2v) is 7.40. The maximum Gasteiger partial charge on any atom is 0.273 e. The Morgan fingerprint density at radius 3 is 2.97 bits per heavy atom. The van der Waals surface area contributed by atoms with E-state index in [2.05, 4.69) is 20.6 Å². The summed E-state index contributed by atoms with van der Waals surface area (Å²) in [5, 5.41) is 12.1. The van der Waals surface area contributed by atoms with Gasteiger partial charge in [0.25, 0.3) is 11.8 Å². The first-order chi connectivity index (χ1) is 15.1. The van der Waals surface area contributed by atoms with Crippen molar-refractivity contribution in [2.45, 2.75) is 25.2 Å². The number of carbonyl (C=O) groups is 2. The molecule has 0 aliphatic carbocycles. The Kier molecular flexibility index (Phi) is 6.17. The third kappa shape index (κ3) is 4.53. The summed E-state index contributed by atoms with van der Waals surface area (Å²) in [5.41, 5.74) is 0.452. The van der Waals surface area contributed by atoms with E-state index in [-0.39, 0.29) is 37.0 Å². The first-order valence-electron chi connectivity index (χ1n) is 10.0. The van der Waals surface area contributed by atoms with Crippen LogP contribution in [0.2, 0.25) is 0 Å². The number of methoxy groups -OCH3 is 1. The lowest BCUT2D eigenvalue weighted by Crippen LogP contribution is -2.39. The van der Waals surface area contributed by atoms with Crippen LogP contribution in [0.25, 0.3) is 10.8 Å². The van der Waals surface area contributed by atoms with Gasteiger partial charge in [-0.05, 0) is 11.5 Å². The Morgan fingerprint density at radius 1 is 1.29 bits per heavy atom. The Bertz CT molecular complexity index is 1080. The van der Waals surface area contributed by atoms with Crippen molar-refractivity contribution >= 4 is 22.6 Å². The molecule has 10 heteroatoms. The highest BCUT2D eigenvalue weighted by Gasteiger charge is 2.37. The number of fused-ring (bicyclic) bond motifs is 1. The average Bonchev–Trinajstić information content (AvgIpc) is 3.39. The molecule has 1 saturated heterocycles. The quantitative estimate of drug-likeness (QED) is 0.574. The van der Waals surface area contributed by atoms with Gasteiger partial charge in [-0.2, -0.15) is 0 Å². The van der Waals surface area contributed by atoms with Gasteiger partial charge in [0.05, 0.1) is 31.9 Å². The van der Waals surface area contributed by atoms with Crippen LogP contribution in [-0.4, -0.2) is 75.7 Å². The number of hydrogen-bond donors (Lipinski definition) is 1. The smallest absolute Gasteiger partial charge is 0.273 e. The Morgan fingerprint density at radius 2 is 2.13 bits per heavy atom. The maximum absolute atomic E-state index is 14.3. The Hall–Kier alpha value is -3.40. The number of rotatable bonds is 7. The number of nitrogens with one attached hydrogen (secondary N) is 1. The van der Waals surface area contributed by atoms with Crippen LogP contribution in [0.15, 0.2) is 42.7 Å². The SMILES string of the molecule is COCCNC(=O)c1cn(CC2CC(F)CN2C(=O)c2nccc3ccccc23)nn1. The van der Waals surface area contributed by atoms with Crippen LogP contribution in [0.3, 0.4) is 0 Å². The second-order valence-electron chi connectivity index (χ2n) is 7.40. The number of ether oxygens (including phenoxy) is 1. The van der Waals surface area contributed by atoms with Crippen molar-refractivity contribution in [1.82, 2.24) is 30.2 Å². The molecule has 9 nitrogen and oxygen atoms in total. The van der Waals surface area contributed by atoms with Crippen LogP contribution in [0.4, 0.5) is 4.39 Å². The second kappa shape index (κ2) is 9.17. The largest absolute Gasteiger partial charge is 0.383 e. The summed E-state index contributed by atoms with van der Waals surface area (Å²) >= 11 is 0. The summed E-state index contributed by atoms with van der Waals surface area (Å²) in [6.45, 7) is 0.969. The maximum atomic E-state index is 14.3. The molecule has 2 aromatic heterocycles. The summed E-state index contributed by atoms with van der Waals surface area (Å²) in [5.74, 6) is -0.689. The first kappa shape index (κ1) is 20.9. The molecular formula is C21H23FN6O3. The highest BCUT2D eigenvalue weighted by molar-refractivity contribution is 6.05. The fourth-order valence-electron chi connectivity index (χ4n) is 3.77. The zero-order valence-electron chi connectivity index (χ0n) is 17.1. The third-order valence-electron chi connectivity index (χ3n) is 5.26. The van der Waals surface area contributed by atoms with Gasteiger partial charge in [0, 0.05) is 31.7 Å². The van der Waals surface area contributed by atoms with Crippen molar-refractivity contribution in [1.29, 1.82) is 0 Å². The number of pyridine rings is 1. The van der Waals surface area contributed by atoms with Gasteiger partial charge in [0.2, 0.25) is 0 Å². The van der Waals surface area contributed by atoms with E-state index in [9.17, 15) is 14.0 Å². The lowest BCUT2D eigenvalue weighted by molar-refractivity contribution is 0.0710. The molecule has 1 aliphatic heterocycles. The molecule has 4 rings (SSSR count). The molecule has 3 heterocycles. The van der Waals surface area contributed by atoms with E-state index in [4.69, 9.17) is 4.74 Å². The Labute approximate surface area is 178 Å². The number of carbonyl (C=O) groups excluding carboxylic acids is 2. The minimum Gasteiger partial charge on any atom is -0.383 e. The number of alkyl halides is 1. The van der Waals surface area contributed by atoms with Gasteiger partial charge in [-0.25, -0.2) is 9.07 Å². The van der Waals surface area contributed by atoms with Crippen molar-refractivity contribution in [3.63, 3.8) is 0 Å². The molecule has 31 heavy (non-hydrogen) atoms. The van der Waals surface area contributed by atoms with Gasteiger partial charge >= 0.3 is 0 Å². The summed E-state index contributed by atoms with van der Waals surface area (Å²) in [7, 11) is 1.54. The molecule has 0 radical (unpaired) electrons. The number of halogens is 1. The zero-order valence-corrected chi connectivity index (χ0v) is 17.1.